The summed E-state index contributed by atoms with van der Waals surface area (Å²) in [6.07, 6.45) is -0.828. The Morgan fingerprint density at radius 2 is 1.53 bits per heavy atom. The molecule has 1 saturated carbocycles. The summed E-state index contributed by atoms with van der Waals surface area (Å²) in [4.78, 5) is 24.8. The van der Waals surface area contributed by atoms with Gasteiger partial charge in [0.05, 0.1) is 12.1 Å². The van der Waals surface area contributed by atoms with E-state index >= 15 is 0 Å². The van der Waals surface area contributed by atoms with Gasteiger partial charge in [0.15, 0.2) is 0 Å². The van der Waals surface area contributed by atoms with Gasteiger partial charge in [-0.25, -0.2) is 0 Å². The highest BCUT2D eigenvalue weighted by Gasteiger charge is 2.31. The van der Waals surface area contributed by atoms with Crippen molar-refractivity contribution in [1.29, 1.82) is 0 Å². The molecule has 3 aromatic carbocycles. The first-order valence-electron chi connectivity index (χ1n) is 12.6. The first kappa shape index (κ1) is 27.2. The van der Waals surface area contributed by atoms with Crippen LogP contribution in [0.3, 0.4) is 0 Å². The maximum absolute atomic E-state index is 12.9. The van der Waals surface area contributed by atoms with E-state index in [0.717, 1.165) is 54.9 Å². The van der Waals surface area contributed by atoms with E-state index in [4.69, 9.17) is 4.74 Å². The summed E-state index contributed by atoms with van der Waals surface area (Å²) in [7, 11) is 0. The molecule has 0 spiro atoms. The predicted molar refractivity (Wildman–Crippen MR) is 138 cm³/mol. The van der Waals surface area contributed by atoms with Crippen molar-refractivity contribution < 1.29 is 27.5 Å². The smallest absolute Gasteiger partial charge is 0.416 e. The molecule has 6 nitrogen and oxygen atoms in total. The molecule has 0 radical (unpaired) electrons. The zero-order valence-corrected chi connectivity index (χ0v) is 20.8. The average Bonchev–Trinajstić information content (AvgIpc) is 2.92. The van der Waals surface area contributed by atoms with Crippen LogP contribution in [0.15, 0.2) is 78.9 Å². The molecule has 3 N–H and O–H groups in total. The Morgan fingerprint density at radius 3 is 2.24 bits per heavy atom. The molecule has 3 aromatic rings. The Hall–Kier alpha value is -3.85. The predicted octanol–water partition coefficient (Wildman–Crippen LogP) is 5.44. The molecule has 0 aromatic heterocycles. The number of halogens is 3. The van der Waals surface area contributed by atoms with Crippen molar-refractivity contribution in [2.45, 2.75) is 50.5 Å². The fraction of sp³-hybridized carbons (Fsp3) is 0.310. The van der Waals surface area contributed by atoms with Crippen molar-refractivity contribution in [2.24, 2.45) is 0 Å². The molecule has 0 aliphatic heterocycles. The molecule has 0 unspecified atom stereocenters. The third-order valence-electron chi connectivity index (χ3n) is 6.44. The van der Waals surface area contributed by atoms with Crippen LogP contribution < -0.4 is 20.7 Å². The van der Waals surface area contributed by atoms with Crippen molar-refractivity contribution >= 4 is 11.8 Å². The van der Waals surface area contributed by atoms with E-state index in [1.165, 1.54) is 12.1 Å². The Bertz CT molecular complexity index is 1220. The van der Waals surface area contributed by atoms with Crippen molar-refractivity contribution in [3.8, 4) is 11.5 Å². The molecular formula is C29H30F3N3O3. The lowest BCUT2D eigenvalue weighted by Crippen LogP contribution is -2.53. The van der Waals surface area contributed by atoms with Gasteiger partial charge in [-0.1, -0.05) is 49.2 Å². The number of hydrogen-bond acceptors (Lipinski definition) is 4. The largest absolute Gasteiger partial charge is 0.457 e. The van der Waals surface area contributed by atoms with Gasteiger partial charge in [0.1, 0.15) is 11.5 Å². The molecule has 2 amide bonds. The Morgan fingerprint density at radius 1 is 0.842 bits per heavy atom. The number of benzene rings is 3. The van der Waals surface area contributed by atoms with Crippen LogP contribution in [0.4, 0.5) is 13.2 Å². The summed E-state index contributed by atoms with van der Waals surface area (Å²) in [6, 6.07) is 21.4. The molecule has 4 rings (SSSR count). The van der Waals surface area contributed by atoms with Gasteiger partial charge in [-0.05, 0) is 60.9 Å². The summed E-state index contributed by atoms with van der Waals surface area (Å²) in [5.41, 5.74) is 0.0171. The maximum atomic E-state index is 12.9. The van der Waals surface area contributed by atoms with Gasteiger partial charge in [0, 0.05) is 24.2 Å². The third-order valence-corrected chi connectivity index (χ3v) is 6.44. The minimum Gasteiger partial charge on any atom is -0.457 e. The number of carbonyl (C=O) groups excluding carboxylic acids is 2. The van der Waals surface area contributed by atoms with Crippen LogP contribution in [0.1, 0.15) is 47.2 Å². The standard InChI is InChI=1S/C29H30F3N3O3/c30-29(31,32)22-8-6-7-21(17-22)28(37)34-19-27(36)35-26-12-5-4-11-25(26)33-18-20-13-15-24(16-14-20)38-23-9-2-1-3-10-23/h1-3,6-10,13-17,25-26,33H,4-5,11-12,18-19H2,(H,34,37)(H,35,36)/t25-,26+/m1/s1. The fourth-order valence-corrected chi connectivity index (χ4v) is 4.45. The molecule has 1 fully saturated rings. The van der Waals surface area contributed by atoms with Crippen molar-refractivity contribution in [3.63, 3.8) is 0 Å². The first-order valence-corrected chi connectivity index (χ1v) is 12.6. The Balaban J connectivity index is 1.25. The molecule has 0 bridgehead atoms. The quantitative estimate of drug-likeness (QED) is 0.347. The van der Waals surface area contributed by atoms with Crippen molar-refractivity contribution in [3.05, 3.63) is 95.6 Å². The van der Waals surface area contributed by atoms with Gasteiger partial charge in [-0.3, -0.25) is 9.59 Å². The Kier molecular flexibility index (Phi) is 9.02. The van der Waals surface area contributed by atoms with Crippen LogP contribution in [0.5, 0.6) is 11.5 Å². The summed E-state index contributed by atoms with van der Waals surface area (Å²) in [6.45, 7) is 0.302. The maximum Gasteiger partial charge on any atom is 0.416 e. The Labute approximate surface area is 219 Å². The zero-order chi connectivity index (χ0) is 27.0. The molecule has 38 heavy (non-hydrogen) atoms. The van der Waals surface area contributed by atoms with Crippen molar-refractivity contribution in [1.82, 2.24) is 16.0 Å². The topological polar surface area (TPSA) is 79.5 Å². The lowest BCUT2D eigenvalue weighted by atomic mass is 9.90. The second kappa shape index (κ2) is 12.6. The van der Waals surface area contributed by atoms with E-state index in [1.807, 2.05) is 54.6 Å². The van der Waals surface area contributed by atoms with E-state index in [-0.39, 0.29) is 30.1 Å². The monoisotopic (exact) mass is 525 g/mol. The van der Waals surface area contributed by atoms with Crippen LogP contribution >= 0.6 is 0 Å². The highest BCUT2D eigenvalue weighted by molar-refractivity contribution is 5.96. The summed E-state index contributed by atoms with van der Waals surface area (Å²) in [5, 5.41) is 8.90. The van der Waals surface area contributed by atoms with E-state index < -0.39 is 17.6 Å². The van der Waals surface area contributed by atoms with E-state index in [1.54, 1.807) is 0 Å². The van der Waals surface area contributed by atoms with Gasteiger partial charge in [0.25, 0.3) is 5.91 Å². The zero-order valence-electron chi connectivity index (χ0n) is 20.8. The lowest BCUT2D eigenvalue weighted by Gasteiger charge is -2.33. The van der Waals surface area contributed by atoms with Crippen LogP contribution in [0, 0.1) is 0 Å². The molecule has 0 heterocycles. The lowest BCUT2D eigenvalue weighted by molar-refractivity contribution is -0.137. The first-order chi connectivity index (χ1) is 18.3. The third kappa shape index (κ3) is 7.82. The summed E-state index contributed by atoms with van der Waals surface area (Å²) < 4.78 is 44.5. The van der Waals surface area contributed by atoms with Crippen LogP contribution in [-0.2, 0) is 17.5 Å². The van der Waals surface area contributed by atoms with Gasteiger partial charge >= 0.3 is 6.18 Å². The van der Waals surface area contributed by atoms with Crippen LogP contribution in [0.25, 0.3) is 0 Å². The van der Waals surface area contributed by atoms with Crippen LogP contribution in [-0.4, -0.2) is 30.4 Å². The summed E-state index contributed by atoms with van der Waals surface area (Å²) >= 11 is 0. The number of amides is 2. The molecule has 1 aliphatic carbocycles. The molecule has 1 aliphatic rings. The van der Waals surface area contributed by atoms with E-state index in [2.05, 4.69) is 16.0 Å². The number of para-hydroxylation sites is 1. The number of nitrogens with one attached hydrogen (secondary N) is 3. The van der Waals surface area contributed by atoms with Gasteiger partial charge < -0.3 is 20.7 Å². The number of hydrogen-bond donors (Lipinski definition) is 3. The van der Waals surface area contributed by atoms with Gasteiger partial charge in [-0.2, -0.15) is 13.2 Å². The SMILES string of the molecule is O=C(CNC(=O)c1cccc(C(F)(F)F)c1)N[C@H]1CCCC[C@H]1NCc1ccc(Oc2ccccc2)cc1. The number of carbonyl (C=O) groups is 2. The molecule has 2 atom stereocenters. The minimum atomic E-state index is -4.55. The van der Waals surface area contributed by atoms with Crippen molar-refractivity contribution in [2.75, 3.05) is 6.54 Å². The molecule has 200 valence electrons. The molecule has 0 saturated heterocycles. The molecule has 9 heteroatoms. The summed E-state index contributed by atoms with van der Waals surface area (Å²) in [5.74, 6) is 0.399. The van der Waals surface area contributed by atoms with Crippen LogP contribution in [0.2, 0.25) is 0 Å². The molecular weight excluding hydrogens is 495 g/mol. The average molecular weight is 526 g/mol. The number of ether oxygens (including phenoxy) is 1. The van der Waals surface area contributed by atoms with E-state index in [9.17, 15) is 22.8 Å². The highest BCUT2D eigenvalue weighted by Crippen LogP contribution is 2.29. The van der Waals surface area contributed by atoms with Gasteiger partial charge in [0.2, 0.25) is 5.91 Å². The number of rotatable bonds is 9. The number of alkyl halides is 3. The minimum absolute atomic E-state index is 0.0621. The fourth-order valence-electron chi connectivity index (χ4n) is 4.45. The second-order valence-corrected chi connectivity index (χ2v) is 9.27. The highest BCUT2D eigenvalue weighted by atomic mass is 19.4. The second-order valence-electron chi connectivity index (χ2n) is 9.27. The normalized spacial score (nSPS) is 17.4. The van der Waals surface area contributed by atoms with Gasteiger partial charge in [-0.15, -0.1) is 0 Å². The van der Waals surface area contributed by atoms with E-state index in [0.29, 0.717) is 6.54 Å².